The van der Waals surface area contributed by atoms with E-state index in [0.29, 0.717) is 0 Å². The van der Waals surface area contributed by atoms with Crippen molar-refractivity contribution in [3.8, 4) is 0 Å². The molecule has 1 saturated heterocycles. The highest BCUT2D eigenvalue weighted by Gasteiger charge is 2.45. The second-order valence-electron chi connectivity index (χ2n) is 10.1. The molecule has 0 saturated carbocycles. The van der Waals surface area contributed by atoms with E-state index in [1.165, 1.54) is 16.7 Å². The van der Waals surface area contributed by atoms with Crippen LogP contribution in [0, 0.1) is 6.92 Å². The van der Waals surface area contributed by atoms with Gasteiger partial charge in [0.05, 0.1) is 5.60 Å². The molecule has 0 aromatic heterocycles. The monoisotopic (exact) mass is 403 g/mol. The summed E-state index contributed by atoms with van der Waals surface area (Å²) in [6.07, 6.45) is 3.78. The molecule has 1 aliphatic carbocycles. The molecular formula is C25H41NO3. The molecule has 29 heavy (non-hydrogen) atoms. The van der Waals surface area contributed by atoms with Crippen LogP contribution in [0.25, 0.3) is 0 Å². The average Bonchev–Trinajstić information content (AvgIpc) is 2.61. The number of aliphatic hydroxyl groups is 1. The van der Waals surface area contributed by atoms with Gasteiger partial charge in [0.25, 0.3) is 0 Å². The molecule has 4 heteroatoms. The van der Waals surface area contributed by atoms with Crippen molar-refractivity contribution >= 4 is 6.09 Å². The van der Waals surface area contributed by atoms with Gasteiger partial charge in [-0.05, 0) is 83.8 Å². The van der Waals surface area contributed by atoms with Gasteiger partial charge in [0.1, 0.15) is 5.60 Å². The van der Waals surface area contributed by atoms with Crippen LogP contribution < -0.4 is 0 Å². The Kier molecular flexibility index (Phi) is 7.09. The van der Waals surface area contributed by atoms with Gasteiger partial charge in [0.2, 0.25) is 0 Å². The Morgan fingerprint density at radius 2 is 1.69 bits per heavy atom. The van der Waals surface area contributed by atoms with E-state index in [9.17, 15) is 9.90 Å². The molecule has 0 bridgehead atoms. The van der Waals surface area contributed by atoms with Gasteiger partial charge in [-0.2, -0.15) is 0 Å². The maximum atomic E-state index is 12.4. The van der Waals surface area contributed by atoms with Crippen molar-refractivity contribution < 1.29 is 14.6 Å². The van der Waals surface area contributed by atoms with Crippen LogP contribution in [0.2, 0.25) is 0 Å². The fourth-order valence-electron chi connectivity index (χ4n) is 4.86. The van der Waals surface area contributed by atoms with Crippen molar-refractivity contribution in [2.24, 2.45) is 0 Å². The SMILES string of the molecule is CC.Cc1ccc2c(c1)C(C(C)(C)O)CCC21CCN(C(=O)OC(C)(C)C)CC1. The maximum Gasteiger partial charge on any atom is 0.410 e. The van der Waals surface area contributed by atoms with Gasteiger partial charge in [-0.1, -0.05) is 37.6 Å². The summed E-state index contributed by atoms with van der Waals surface area (Å²) in [4.78, 5) is 14.3. The molecule has 1 fully saturated rings. The molecule has 1 aromatic carbocycles. The van der Waals surface area contributed by atoms with Crippen molar-refractivity contribution in [2.75, 3.05) is 13.1 Å². The second kappa shape index (κ2) is 8.67. The van der Waals surface area contributed by atoms with E-state index in [1.54, 1.807) is 0 Å². The van der Waals surface area contributed by atoms with Gasteiger partial charge in [-0.15, -0.1) is 0 Å². The molecule has 1 amide bonds. The number of likely N-dealkylation sites (tertiary alicyclic amines) is 1. The zero-order valence-corrected chi connectivity index (χ0v) is 19.8. The molecule has 1 N–H and O–H groups in total. The quantitative estimate of drug-likeness (QED) is 0.631. The van der Waals surface area contributed by atoms with Gasteiger partial charge in [0.15, 0.2) is 0 Å². The Bertz CT molecular complexity index is 704. The minimum Gasteiger partial charge on any atom is -0.444 e. The standard InChI is InChI=1S/C23H35NO3.C2H6/c1-16-7-8-19-17(15-16)18(22(5,6)26)9-10-23(19)11-13-24(14-12-23)20(25)27-21(2,3)4;1-2/h7-8,15,18,26H,9-14H2,1-6H3;1-2H3. The molecule has 1 spiro atoms. The van der Waals surface area contributed by atoms with Crippen LogP contribution in [-0.4, -0.2) is 40.4 Å². The number of aryl methyl sites for hydroxylation is 1. The van der Waals surface area contributed by atoms with E-state index in [-0.39, 0.29) is 17.4 Å². The van der Waals surface area contributed by atoms with Gasteiger partial charge in [0, 0.05) is 19.0 Å². The van der Waals surface area contributed by atoms with E-state index >= 15 is 0 Å². The summed E-state index contributed by atoms with van der Waals surface area (Å²) < 4.78 is 5.55. The summed E-state index contributed by atoms with van der Waals surface area (Å²) in [6.45, 7) is 17.2. The van der Waals surface area contributed by atoms with Crippen molar-refractivity contribution in [3.63, 3.8) is 0 Å². The minimum atomic E-state index is -0.721. The number of hydrogen-bond acceptors (Lipinski definition) is 3. The van der Waals surface area contributed by atoms with Gasteiger partial charge in [-0.3, -0.25) is 0 Å². The molecule has 1 aliphatic heterocycles. The summed E-state index contributed by atoms with van der Waals surface area (Å²) in [6, 6.07) is 6.72. The van der Waals surface area contributed by atoms with Gasteiger partial charge >= 0.3 is 6.09 Å². The highest BCUT2D eigenvalue weighted by atomic mass is 16.6. The lowest BCUT2D eigenvalue weighted by Gasteiger charge is -2.49. The Labute approximate surface area is 177 Å². The lowest BCUT2D eigenvalue weighted by molar-refractivity contribution is 0.0116. The van der Waals surface area contributed by atoms with Crippen molar-refractivity contribution in [1.82, 2.24) is 4.90 Å². The number of fused-ring (bicyclic) bond motifs is 2. The Hall–Kier alpha value is -1.55. The third kappa shape index (κ3) is 5.33. The fraction of sp³-hybridized carbons (Fsp3) is 0.720. The zero-order chi connectivity index (χ0) is 22.0. The first-order chi connectivity index (χ1) is 13.4. The van der Waals surface area contributed by atoms with Crippen LogP contribution in [0.1, 0.15) is 96.8 Å². The Morgan fingerprint density at radius 1 is 1.10 bits per heavy atom. The number of benzene rings is 1. The Balaban J connectivity index is 0.00000145. The number of rotatable bonds is 1. The fourth-order valence-corrected chi connectivity index (χ4v) is 4.86. The van der Waals surface area contributed by atoms with Crippen LogP contribution in [0.3, 0.4) is 0 Å². The van der Waals surface area contributed by atoms with Crippen molar-refractivity contribution in [2.45, 2.75) is 104 Å². The summed E-state index contributed by atoms with van der Waals surface area (Å²) in [5.41, 5.74) is 2.87. The smallest absolute Gasteiger partial charge is 0.410 e. The molecule has 1 atom stereocenters. The third-order valence-electron chi connectivity index (χ3n) is 6.29. The molecule has 1 unspecified atom stereocenters. The summed E-state index contributed by atoms with van der Waals surface area (Å²) in [5, 5.41) is 10.7. The van der Waals surface area contributed by atoms with E-state index in [4.69, 9.17) is 4.74 Å². The molecule has 2 aliphatic rings. The lowest BCUT2D eigenvalue weighted by atomic mass is 9.60. The largest absolute Gasteiger partial charge is 0.444 e. The topological polar surface area (TPSA) is 49.8 Å². The van der Waals surface area contributed by atoms with Crippen molar-refractivity contribution in [1.29, 1.82) is 0 Å². The number of hydrogen-bond donors (Lipinski definition) is 1. The number of piperidine rings is 1. The molecular weight excluding hydrogens is 362 g/mol. The first-order valence-corrected chi connectivity index (χ1v) is 11.2. The number of carbonyl (C=O) groups is 1. The molecule has 4 nitrogen and oxygen atoms in total. The number of nitrogens with zero attached hydrogens (tertiary/aromatic N) is 1. The third-order valence-corrected chi connectivity index (χ3v) is 6.29. The van der Waals surface area contributed by atoms with Crippen LogP contribution in [0.5, 0.6) is 0 Å². The van der Waals surface area contributed by atoms with Crippen LogP contribution >= 0.6 is 0 Å². The normalized spacial score (nSPS) is 21.1. The van der Waals surface area contributed by atoms with E-state index < -0.39 is 11.2 Å². The minimum absolute atomic E-state index is 0.114. The molecule has 3 rings (SSSR count). The maximum absolute atomic E-state index is 12.4. The van der Waals surface area contributed by atoms with Crippen LogP contribution in [0.4, 0.5) is 4.79 Å². The van der Waals surface area contributed by atoms with E-state index in [1.807, 2.05) is 53.4 Å². The average molecular weight is 404 g/mol. The zero-order valence-electron chi connectivity index (χ0n) is 19.8. The van der Waals surface area contributed by atoms with Crippen molar-refractivity contribution in [3.05, 3.63) is 34.9 Å². The molecule has 1 aromatic rings. The Morgan fingerprint density at radius 3 is 2.21 bits per heavy atom. The predicted molar refractivity (Wildman–Crippen MR) is 120 cm³/mol. The van der Waals surface area contributed by atoms with Crippen LogP contribution in [-0.2, 0) is 10.2 Å². The summed E-state index contributed by atoms with van der Waals surface area (Å²) >= 11 is 0. The number of ether oxygens (including phenoxy) is 1. The van der Waals surface area contributed by atoms with E-state index in [0.717, 1.165) is 38.8 Å². The number of carbonyl (C=O) groups excluding carboxylic acids is 1. The first-order valence-electron chi connectivity index (χ1n) is 11.2. The van der Waals surface area contributed by atoms with Gasteiger partial charge in [-0.25, -0.2) is 4.79 Å². The summed E-state index contributed by atoms with van der Waals surface area (Å²) in [5.74, 6) is 0.168. The first kappa shape index (κ1) is 23.7. The lowest BCUT2D eigenvalue weighted by Crippen LogP contribution is -2.49. The molecule has 164 valence electrons. The highest BCUT2D eigenvalue weighted by molar-refractivity contribution is 5.68. The van der Waals surface area contributed by atoms with Gasteiger partial charge < -0.3 is 14.7 Å². The molecule has 1 heterocycles. The number of amides is 1. The predicted octanol–water partition coefficient (Wildman–Crippen LogP) is 5.94. The second-order valence-corrected chi connectivity index (χ2v) is 10.1. The highest BCUT2D eigenvalue weighted by Crippen LogP contribution is 2.51. The summed E-state index contributed by atoms with van der Waals surface area (Å²) in [7, 11) is 0. The van der Waals surface area contributed by atoms with E-state index in [2.05, 4.69) is 25.1 Å². The van der Waals surface area contributed by atoms with Crippen LogP contribution in [0.15, 0.2) is 18.2 Å². The molecule has 0 radical (unpaired) electrons.